The first kappa shape index (κ1) is 11.4. The molecule has 0 amide bonds. The van der Waals surface area contributed by atoms with E-state index in [2.05, 4.69) is 18.8 Å². The predicted molar refractivity (Wildman–Crippen MR) is 64.8 cm³/mol. The van der Waals surface area contributed by atoms with Gasteiger partial charge in [-0.1, -0.05) is 13.8 Å². The maximum atomic E-state index is 10.7. The highest BCUT2D eigenvalue weighted by Gasteiger charge is 2.40. The summed E-state index contributed by atoms with van der Waals surface area (Å²) in [6.45, 7) is 4.40. The number of hydrogen-bond acceptors (Lipinski definition) is 3. The molecule has 1 aliphatic rings. The normalized spacial score (nSPS) is 28.9. The number of aromatic nitrogens is 1. The molecule has 0 aromatic carbocycles. The van der Waals surface area contributed by atoms with E-state index in [4.69, 9.17) is 5.73 Å². The monoisotopic (exact) mass is 220 g/mol. The van der Waals surface area contributed by atoms with Gasteiger partial charge in [-0.15, -0.1) is 0 Å². The molecule has 3 nitrogen and oxygen atoms in total. The van der Waals surface area contributed by atoms with Gasteiger partial charge >= 0.3 is 0 Å². The highest BCUT2D eigenvalue weighted by molar-refractivity contribution is 5.48. The van der Waals surface area contributed by atoms with Gasteiger partial charge < -0.3 is 10.8 Å². The third-order valence-electron chi connectivity index (χ3n) is 3.57. The molecule has 0 aliphatic heterocycles. The summed E-state index contributed by atoms with van der Waals surface area (Å²) in [6.07, 6.45) is 7.11. The van der Waals surface area contributed by atoms with E-state index in [1.165, 1.54) is 0 Å². The second-order valence-electron chi connectivity index (χ2n) is 5.69. The average molecular weight is 220 g/mol. The Morgan fingerprint density at radius 3 is 2.75 bits per heavy atom. The Hall–Kier alpha value is -1.09. The maximum Gasteiger partial charge on any atom is 0.0936 e. The zero-order chi connectivity index (χ0) is 11.8. The zero-order valence-corrected chi connectivity index (χ0v) is 10.0. The van der Waals surface area contributed by atoms with Gasteiger partial charge in [0.25, 0.3) is 0 Å². The third kappa shape index (κ3) is 2.05. The summed E-state index contributed by atoms with van der Waals surface area (Å²) in [7, 11) is 0. The van der Waals surface area contributed by atoms with Crippen LogP contribution in [-0.4, -0.2) is 10.1 Å². The number of nitrogens with zero attached hydrogens (tertiary/aromatic N) is 1. The molecule has 1 unspecified atom stereocenters. The summed E-state index contributed by atoms with van der Waals surface area (Å²) in [4.78, 5) is 4.07. The third-order valence-corrected chi connectivity index (χ3v) is 3.57. The summed E-state index contributed by atoms with van der Waals surface area (Å²) in [5.74, 6) is 0. The lowest BCUT2D eigenvalue weighted by molar-refractivity contribution is -0.0436. The van der Waals surface area contributed by atoms with Gasteiger partial charge in [-0.05, 0) is 37.2 Å². The lowest BCUT2D eigenvalue weighted by Gasteiger charge is -2.42. The molecule has 1 atom stereocenters. The Morgan fingerprint density at radius 2 is 2.12 bits per heavy atom. The second kappa shape index (κ2) is 3.74. The topological polar surface area (TPSA) is 59.1 Å². The lowest BCUT2D eigenvalue weighted by Crippen LogP contribution is -2.37. The Bertz CT molecular complexity index is 389. The van der Waals surface area contributed by atoms with Crippen LogP contribution in [0, 0.1) is 5.41 Å². The summed E-state index contributed by atoms with van der Waals surface area (Å²) in [5.41, 5.74) is 6.75. The molecule has 1 aliphatic carbocycles. The Balaban J connectivity index is 2.35. The van der Waals surface area contributed by atoms with Crippen molar-refractivity contribution in [3.05, 3.63) is 24.0 Å². The van der Waals surface area contributed by atoms with E-state index in [0.29, 0.717) is 5.69 Å². The molecule has 1 fully saturated rings. The number of rotatable bonds is 1. The fraction of sp³-hybridized carbons (Fsp3) is 0.615. The van der Waals surface area contributed by atoms with Gasteiger partial charge in [-0.2, -0.15) is 0 Å². The van der Waals surface area contributed by atoms with Crippen molar-refractivity contribution in [1.82, 2.24) is 4.98 Å². The summed E-state index contributed by atoms with van der Waals surface area (Å²) in [6, 6.07) is 1.76. The van der Waals surface area contributed by atoms with Crippen LogP contribution < -0.4 is 5.73 Å². The van der Waals surface area contributed by atoms with Gasteiger partial charge in [0.1, 0.15) is 0 Å². The van der Waals surface area contributed by atoms with Crippen LogP contribution in [0.3, 0.4) is 0 Å². The smallest absolute Gasteiger partial charge is 0.0936 e. The Kier molecular flexibility index (Phi) is 2.66. The number of aliphatic hydroxyl groups is 1. The first-order valence-corrected chi connectivity index (χ1v) is 5.85. The number of hydrogen-bond donors (Lipinski definition) is 2. The van der Waals surface area contributed by atoms with Crippen LogP contribution in [0.5, 0.6) is 0 Å². The van der Waals surface area contributed by atoms with Gasteiger partial charge in [0, 0.05) is 23.6 Å². The van der Waals surface area contributed by atoms with E-state index in [-0.39, 0.29) is 5.41 Å². The Labute approximate surface area is 96.7 Å². The van der Waals surface area contributed by atoms with Gasteiger partial charge in [-0.25, -0.2) is 0 Å². The van der Waals surface area contributed by atoms with Crippen LogP contribution in [0.25, 0.3) is 0 Å². The minimum Gasteiger partial charge on any atom is -0.398 e. The molecule has 88 valence electrons. The van der Waals surface area contributed by atoms with Crippen molar-refractivity contribution in [3.63, 3.8) is 0 Å². The van der Waals surface area contributed by atoms with Crippen molar-refractivity contribution in [1.29, 1.82) is 0 Å². The van der Waals surface area contributed by atoms with E-state index in [1.807, 2.05) is 0 Å². The summed E-state index contributed by atoms with van der Waals surface area (Å²) < 4.78 is 0. The molecule has 1 aromatic heterocycles. The summed E-state index contributed by atoms with van der Waals surface area (Å²) >= 11 is 0. The molecule has 3 heteroatoms. The minimum atomic E-state index is -0.792. The van der Waals surface area contributed by atoms with Crippen LogP contribution in [0.4, 0.5) is 5.69 Å². The van der Waals surface area contributed by atoms with E-state index in [1.54, 1.807) is 18.5 Å². The van der Waals surface area contributed by atoms with Crippen molar-refractivity contribution in [2.45, 2.75) is 45.1 Å². The van der Waals surface area contributed by atoms with Gasteiger partial charge in [-0.3, -0.25) is 4.98 Å². The molecule has 0 radical (unpaired) electrons. The highest BCUT2D eigenvalue weighted by atomic mass is 16.3. The predicted octanol–water partition coefficient (Wildman–Crippen LogP) is 2.45. The second-order valence-corrected chi connectivity index (χ2v) is 5.69. The van der Waals surface area contributed by atoms with Gasteiger partial charge in [0.2, 0.25) is 0 Å². The summed E-state index contributed by atoms with van der Waals surface area (Å²) in [5, 5.41) is 10.7. The molecule has 0 spiro atoms. The van der Waals surface area contributed by atoms with Crippen molar-refractivity contribution >= 4 is 5.69 Å². The van der Waals surface area contributed by atoms with Crippen LogP contribution in [0.1, 0.15) is 45.1 Å². The molecule has 1 saturated carbocycles. The van der Waals surface area contributed by atoms with Crippen LogP contribution >= 0.6 is 0 Å². The molecular formula is C13H20N2O. The van der Waals surface area contributed by atoms with Gasteiger partial charge in [0.05, 0.1) is 5.60 Å². The zero-order valence-electron chi connectivity index (χ0n) is 10.0. The van der Waals surface area contributed by atoms with Crippen molar-refractivity contribution in [2.24, 2.45) is 5.41 Å². The molecule has 3 N–H and O–H groups in total. The molecule has 0 bridgehead atoms. The molecule has 1 heterocycles. The Morgan fingerprint density at radius 1 is 1.38 bits per heavy atom. The first-order valence-electron chi connectivity index (χ1n) is 5.85. The van der Waals surface area contributed by atoms with Crippen molar-refractivity contribution in [3.8, 4) is 0 Å². The van der Waals surface area contributed by atoms with E-state index in [0.717, 1.165) is 31.2 Å². The number of pyridine rings is 1. The fourth-order valence-electron chi connectivity index (χ4n) is 2.85. The number of nitrogens with two attached hydrogens (primary N) is 1. The average Bonchev–Trinajstić information content (AvgIpc) is 2.16. The van der Waals surface area contributed by atoms with Crippen LogP contribution in [0.2, 0.25) is 0 Å². The molecule has 1 aromatic rings. The lowest BCUT2D eigenvalue weighted by atomic mass is 9.67. The molecule has 2 rings (SSSR count). The van der Waals surface area contributed by atoms with E-state index < -0.39 is 5.60 Å². The quantitative estimate of drug-likeness (QED) is 0.764. The van der Waals surface area contributed by atoms with Crippen LogP contribution in [-0.2, 0) is 5.60 Å². The highest BCUT2D eigenvalue weighted by Crippen LogP contribution is 2.47. The standard InChI is InChI=1S/C13H20N2O/c1-12(2)5-3-6-13(16,9-12)10-8-15-7-4-11(10)14/h4,7-8,16H,3,5-6,9H2,1-2H3,(H2,14,15). The number of anilines is 1. The van der Waals surface area contributed by atoms with Crippen molar-refractivity contribution < 1.29 is 5.11 Å². The molecular weight excluding hydrogens is 200 g/mol. The van der Waals surface area contributed by atoms with E-state index >= 15 is 0 Å². The fourth-order valence-corrected chi connectivity index (χ4v) is 2.85. The minimum absolute atomic E-state index is 0.176. The number of nitrogen functional groups attached to an aromatic ring is 1. The largest absolute Gasteiger partial charge is 0.398 e. The van der Waals surface area contributed by atoms with Crippen molar-refractivity contribution in [2.75, 3.05) is 5.73 Å². The first-order chi connectivity index (χ1) is 7.43. The maximum absolute atomic E-state index is 10.7. The SMILES string of the molecule is CC1(C)CCCC(O)(c2cnccc2N)C1. The van der Waals surface area contributed by atoms with E-state index in [9.17, 15) is 5.11 Å². The van der Waals surface area contributed by atoms with Gasteiger partial charge in [0.15, 0.2) is 0 Å². The molecule has 0 saturated heterocycles. The molecule has 16 heavy (non-hydrogen) atoms. The van der Waals surface area contributed by atoms with Crippen LogP contribution in [0.15, 0.2) is 18.5 Å².